The van der Waals surface area contributed by atoms with Gasteiger partial charge >= 0.3 is 5.97 Å². The number of benzene rings is 4. The van der Waals surface area contributed by atoms with Gasteiger partial charge in [0.25, 0.3) is 5.91 Å². The van der Waals surface area contributed by atoms with Gasteiger partial charge in [0.05, 0.1) is 27.2 Å². The van der Waals surface area contributed by atoms with E-state index in [0.29, 0.717) is 46.7 Å². The molecule has 2 aliphatic rings. The van der Waals surface area contributed by atoms with E-state index in [-0.39, 0.29) is 40.5 Å². The van der Waals surface area contributed by atoms with Crippen LogP contribution in [-0.2, 0) is 6.61 Å². The predicted molar refractivity (Wildman–Crippen MR) is 181 cm³/mol. The zero-order chi connectivity index (χ0) is 33.4. The van der Waals surface area contributed by atoms with Crippen molar-refractivity contribution in [2.45, 2.75) is 57.6 Å². The molecule has 5 aromatic rings. The Labute approximate surface area is 281 Å². The SMILES string of the molecule is O=C(O)c1ccc2c(c1)nc(-c1ccc(OCc3cc(C(=O)N4CCCC4)ccc3-c3ccc(Cl)c(F)c3)cc1F)n2C1CCCCC1. The largest absolute Gasteiger partial charge is 0.489 e. The molecule has 1 amide bonds. The van der Waals surface area contributed by atoms with Crippen molar-refractivity contribution in [1.82, 2.24) is 14.5 Å². The number of carbonyl (C=O) groups excluding carboxylic acids is 1. The van der Waals surface area contributed by atoms with E-state index < -0.39 is 17.6 Å². The lowest BCUT2D eigenvalue weighted by molar-refractivity contribution is 0.0696. The van der Waals surface area contributed by atoms with Crippen molar-refractivity contribution < 1.29 is 28.2 Å². The van der Waals surface area contributed by atoms with Crippen molar-refractivity contribution in [3.05, 3.63) is 106 Å². The number of likely N-dealkylation sites (tertiary alicyclic amines) is 1. The third-order valence-electron chi connectivity index (χ3n) is 9.43. The van der Waals surface area contributed by atoms with E-state index in [1.807, 2.05) is 4.90 Å². The van der Waals surface area contributed by atoms with Crippen molar-refractivity contribution >= 4 is 34.5 Å². The molecule has 0 spiro atoms. The average molecular weight is 670 g/mol. The van der Waals surface area contributed by atoms with E-state index in [9.17, 15) is 19.1 Å². The molecule has 4 aromatic carbocycles. The Bertz CT molecular complexity index is 2030. The van der Waals surface area contributed by atoms with Gasteiger partial charge in [-0.1, -0.05) is 43.0 Å². The molecule has 48 heavy (non-hydrogen) atoms. The predicted octanol–water partition coefficient (Wildman–Crippen LogP) is 9.32. The fraction of sp³-hybridized carbons (Fsp3) is 0.289. The molecule has 7 rings (SSSR count). The molecule has 0 unspecified atom stereocenters. The topological polar surface area (TPSA) is 84.7 Å². The number of hydrogen-bond acceptors (Lipinski definition) is 4. The summed E-state index contributed by atoms with van der Waals surface area (Å²) in [6, 6.07) is 19.4. The van der Waals surface area contributed by atoms with E-state index in [1.54, 1.807) is 48.5 Å². The van der Waals surface area contributed by atoms with Crippen LogP contribution in [0.25, 0.3) is 33.5 Å². The number of aromatic carboxylic acids is 1. The summed E-state index contributed by atoms with van der Waals surface area (Å²) in [5, 5.41) is 9.55. The van der Waals surface area contributed by atoms with Crippen molar-refractivity contribution in [3.8, 4) is 28.3 Å². The number of ether oxygens (including phenoxy) is 1. The highest BCUT2D eigenvalue weighted by Gasteiger charge is 2.25. The Morgan fingerprint density at radius 2 is 1.58 bits per heavy atom. The Morgan fingerprint density at radius 3 is 2.31 bits per heavy atom. The zero-order valence-corrected chi connectivity index (χ0v) is 27.0. The van der Waals surface area contributed by atoms with E-state index >= 15 is 4.39 Å². The number of halogens is 3. The number of nitrogens with zero attached hydrogens (tertiary/aromatic N) is 3. The normalized spacial score (nSPS) is 15.3. The summed E-state index contributed by atoms with van der Waals surface area (Å²) in [5.41, 5.74) is 4.07. The summed E-state index contributed by atoms with van der Waals surface area (Å²) < 4.78 is 38.6. The molecule has 10 heteroatoms. The highest BCUT2D eigenvalue weighted by Crippen LogP contribution is 2.38. The number of rotatable bonds is 8. The molecular formula is C38H34ClF2N3O4. The highest BCUT2D eigenvalue weighted by molar-refractivity contribution is 6.30. The van der Waals surface area contributed by atoms with Gasteiger partial charge in [-0.25, -0.2) is 18.6 Å². The lowest BCUT2D eigenvalue weighted by atomic mass is 9.94. The second-order valence-corrected chi connectivity index (χ2v) is 12.9. The molecule has 2 fully saturated rings. The number of fused-ring (bicyclic) bond motifs is 1. The molecule has 0 radical (unpaired) electrons. The minimum absolute atomic E-state index is 0.00195. The van der Waals surface area contributed by atoms with E-state index in [0.717, 1.165) is 50.5 Å². The third-order valence-corrected chi connectivity index (χ3v) is 9.73. The molecule has 1 aliphatic heterocycles. The molecule has 2 heterocycles. The smallest absolute Gasteiger partial charge is 0.335 e. The Kier molecular flexibility index (Phi) is 8.88. The molecule has 7 nitrogen and oxygen atoms in total. The van der Waals surface area contributed by atoms with Gasteiger partial charge in [0, 0.05) is 30.8 Å². The van der Waals surface area contributed by atoms with Crippen molar-refractivity contribution in [3.63, 3.8) is 0 Å². The van der Waals surface area contributed by atoms with Crippen LogP contribution in [-0.4, -0.2) is 44.5 Å². The number of amides is 1. The minimum Gasteiger partial charge on any atom is -0.489 e. The standard InChI is InChI=1S/C38H34ClF2N3O4/c39-31-14-9-23(19-33(31)41)29-12-8-24(37(45)43-16-4-5-17-43)18-26(29)22-48-28-11-13-30(32(40)21-28)36-42-34-20-25(38(46)47)10-15-35(34)44(36)27-6-2-1-3-7-27/h8-15,18-21,27H,1-7,16-17,22H2,(H,46,47). The van der Waals surface area contributed by atoms with Crippen molar-refractivity contribution in [1.29, 1.82) is 0 Å². The van der Waals surface area contributed by atoms with Gasteiger partial charge in [-0.15, -0.1) is 0 Å². The molecule has 1 N–H and O–H groups in total. The molecule has 1 saturated carbocycles. The summed E-state index contributed by atoms with van der Waals surface area (Å²) in [4.78, 5) is 31.4. The number of imidazole rings is 1. The first-order valence-corrected chi connectivity index (χ1v) is 16.7. The first-order chi connectivity index (χ1) is 23.3. The quantitative estimate of drug-likeness (QED) is 0.178. The molecule has 246 valence electrons. The lowest BCUT2D eigenvalue weighted by Crippen LogP contribution is -2.27. The Balaban J connectivity index is 1.21. The summed E-state index contributed by atoms with van der Waals surface area (Å²) in [6.45, 7) is 1.41. The number of hydrogen-bond donors (Lipinski definition) is 1. The summed E-state index contributed by atoms with van der Waals surface area (Å²) in [6.07, 6.45) is 7.05. The third kappa shape index (κ3) is 6.27. The van der Waals surface area contributed by atoms with Crippen LogP contribution >= 0.6 is 11.6 Å². The summed E-state index contributed by atoms with van der Waals surface area (Å²) in [7, 11) is 0. The maximum atomic E-state index is 16.0. The molecule has 1 aromatic heterocycles. The van der Waals surface area contributed by atoms with Gasteiger partial charge in [-0.2, -0.15) is 0 Å². The van der Waals surface area contributed by atoms with Crippen molar-refractivity contribution in [2.24, 2.45) is 0 Å². The highest BCUT2D eigenvalue weighted by atomic mass is 35.5. The summed E-state index contributed by atoms with van der Waals surface area (Å²) in [5.74, 6) is -1.49. The van der Waals surface area contributed by atoms with Crippen molar-refractivity contribution in [2.75, 3.05) is 13.1 Å². The number of carbonyl (C=O) groups is 2. The van der Waals surface area contributed by atoms with E-state index in [4.69, 9.17) is 21.3 Å². The second kappa shape index (κ2) is 13.4. The van der Waals surface area contributed by atoms with Gasteiger partial charge in [0.1, 0.15) is 29.8 Å². The average Bonchev–Trinajstić information content (AvgIpc) is 3.77. The monoisotopic (exact) mass is 669 g/mol. The first-order valence-electron chi connectivity index (χ1n) is 16.3. The van der Waals surface area contributed by atoms with Gasteiger partial charge in [0.2, 0.25) is 0 Å². The number of carboxylic acids is 1. The summed E-state index contributed by atoms with van der Waals surface area (Å²) >= 11 is 5.94. The van der Waals surface area contributed by atoms with Gasteiger partial charge in [-0.3, -0.25) is 4.79 Å². The van der Waals surface area contributed by atoms with Crippen LogP contribution in [0.1, 0.15) is 77.3 Å². The van der Waals surface area contributed by atoms with Crippen LogP contribution in [0.3, 0.4) is 0 Å². The number of carboxylic acid groups (broad SMARTS) is 1. The van der Waals surface area contributed by atoms with E-state index in [2.05, 4.69) is 4.57 Å². The minimum atomic E-state index is -1.05. The lowest BCUT2D eigenvalue weighted by Gasteiger charge is -2.25. The maximum Gasteiger partial charge on any atom is 0.335 e. The molecule has 1 aliphatic carbocycles. The first kappa shape index (κ1) is 31.8. The molecule has 0 bridgehead atoms. The van der Waals surface area contributed by atoms with Crippen LogP contribution in [0.2, 0.25) is 5.02 Å². The van der Waals surface area contributed by atoms with E-state index in [1.165, 1.54) is 24.3 Å². The maximum absolute atomic E-state index is 16.0. The van der Waals surface area contributed by atoms with Crippen LogP contribution in [0, 0.1) is 11.6 Å². The number of aromatic nitrogens is 2. The van der Waals surface area contributed by atoms with Crippen LogP contribution in [0.5, 0.6) is 5.75 Å². The Hall–Kier alpha value is -4.76. The Morgan fingerprint density at radius 1 is 0.833 bits per heavy atom. The van der Waals surface area contributed by atoms with Crippen LogP contribution < -0.4 is 4.74 Å². The molecular weight excluding hydrogens is 636 g/mol. The molecule has 0 atom stereocenters. The fourth-order valence-corrected chi connectivity index (χ4v) is 7.07. The van der Waals surface area contributed by atoms with Crippen LogP contribution in [0.4, 0.5) is 8.78 Å². The molecule has 1 saturated heterocycles. The zero-order valence-electron chi connectivity index (χ0n) is 26.2. The second-order valence-electron chi connectivity index (χ2n) is 12.5. The van der Waals surface area contributed by atoms with Gasteiger partial charge < -0.3 is 19.3 Å². The van der Waals surface area contributed by atoms with Gasteiger partial charge in [-0.05, 0) is 97.0 Å². The van der Waals surface area contributed by atoms with Crippen LogP contribution in [0.15, 0.2) is 72.8 Å². The van der Waals surface area contributed by atoms with Gasteiger partial charge in [0.15, 0.2) is 0 Å². The fourth-order valence-electron chi connectivity index (χ4n) is 6.95.